The van der Waals surface area contributed by atoms with E-state index in [-0.39, 0.29) is 17.6 Å². The molecule has 0 N–H and O–H groups in total. The van der Waals surface area contributed by atoms with Crippen LogP contribution in [0.5, 0.6) is 0 Å². The van der Waals surface area contributed by atoms with Gasteiger partial charge in [0.05, 0.1) is 0 Å². The number of hydrogen-bond acceptors (Lipinski definition) is 2. The van der Waals surface area contributed by atoms with Crippen LogP contribution in [0.3, 0.4) is 0 Å². The predicted octanol–water partition coefficient (Wildman–Crippen LogP) is 1.97. The van der Waals surface area contributed by atoms with Crippen LogP contribution in [-0.2, 0) is 9.59 Å². The third-order valence-corrected chi connectivity index (χ3v) is 2.61. The van der Waals surface area contributed by atoms with Gasteiger partial charge >= 0.3 is 0 Å². The second-order valence-electron chi connectivity index (χ2n) is 3.84. The van der Waals surface area contributed by atoms with Crippen LogP contribution in [0.4, 0.5) is 0 Å². The molecule has 12 heavy (non-hydrogen) atoms. The summed E-state index contributed by atoms with van der Waals surface area (Å²) in [6, 6.07) is 0. The summed E-state index contributed by atoms with van der Waals surface area (Å²) >= 11 is 0. The molecule has 0 heterocycles. The fourth-order valence-electron chi connectivity index (χ4n) is 1.91. The van der Waals surface area contributed by atoms with E-state index >= 15 is 0 Å². The third-order valence-electron chi connectivity index (χ3n) is 2.61. The molecule has 0 spiro atoms. The maximum absolute atomic E-state index is 11.5. The van der Waals surface area contributed by atoms with E-state index < -0.39 is 0 Å². The monoisotopic (exact) mass is 168 g/mol. The summed E-state index contributed by atoms with van der Waals surface area (Å²) in [7, 11) is 0. The van der Waals surface area contributed by atoms with Crippen molar-refractivity contribution >= 4 is 11.6 Å². The first-order valence-electron chi connectivity index (χ1n) is 4.64. The summed E-state index contributed by atoms with van der Waals surface area (Å²) < 4.78 is 0. The van der Waals surface area contributed by atoms with Crippen molar-refractivity contribution in [3.05, 3.63) is 0 Å². The minimum atomic E-state index is 0.0336. The molecule has 0 saturated heterocycles. The maximum Gasteiger partial charge on any atom is 0.139 e. The molecule has 0 radical (unpaired) electrons. The minimum Gasteiger partial charge on any atom is -0.300 e. The molecular formula is C10H16O2. The van der Waals surface area contributed by atoms with Gasteiger partial charge in [0.15, 0.2) is 0 Å². The van der Waals surface area contributed by atoms with Gasteiger partial charge in [-0.15, -0.1) is 0 Å². The number of ketones is 2. The molecule has 1 rings (SSSR count). The predicted molar refractivity (Wildman–Crippen MR) is 46.8 cm³/mol. The van der Waals surface area contributed by atoms with E-state index in [9.17, 15) is 9.59 Å². The molecule has 0 aromatic carbocycles. The molecular weight excluding hydrogens is 152 g/mol. The summed E-state index contributed by atoms with van der Waals surface area (Å²) in [4.78, 5) is 22.3. The number of hydrogen-bond donors (Lipinski definition) is 0. The zero-order valence-electron chi connectivity index (χ0n) is 7.80. The molecule has 0 bridgehead atoms. The second kappa shape index (κ2) is 3.83. The Morgan fingerprint density at radius 2 is 2.17 bits per heavy atom. The molecule has 0 aromatic rings. The molecule has 68 valence electrons. The Bertz CT molecular complexity index is 196. The average molecular weight is 168 g/mol. The fraction of sp³-hybridized carbons (Fsp3) is 0.800. The molecule has 0 aliphatic heterocycles. The fourth-order valence-corrected chi connectivity index (χ4v) is 1.91. The summed E-state index contributed by atoms with van der Waals surface area (Å²) in [6.45, 7) is 3.53. The molecule has 1 aliphatic carbocycles. The first kappa shape index (κ1) is 9.43. The van der Waals surface area contributed by atoms with E-state index in [0.29, 0.717) is 12.2 Å². The lowest BCUT2D eigenvalue weighted by molar-refractivity contribution is -0.131. The van der Waals surface area contributed by atoms with Gasteiger partial charge in [0.2, 0.25) is 0 Å². The molecule has 1 saturated carbocycles. The van der Waals surface area contributed by atoms with Gasteiger partial charge in [0.1, 0.15) is 11.6 Å². The minimum absolute atomic E-state index is 0.0336. The smallest absolute Gasteiger partial charge is 0.139 e. The van der Waals surface area contributed by atoms with E-state index in [1.165, 1.54) is 0 Å². The van der Waals surface area contributed by atoms with Gasteiger partial charge in [-0.05, 0) is 19.8 Å². The van der Waals surface area contributed by atoms with Crippen LogP contribution in [0.2, 0.25) is 0 Å². The number of carbonyl (C=O) groups is 2. The van der Waals surface area contributed by atoms with Gasteiger partial charge in [0.25, 0.3) is 0 Å². The van der Waals surface area contributed by atoms with Crippen LogP contribution in [0.25, 0.3) is 0 Å². The molecule has 2 heteroatoms. The topological polar surface area (TPSA) is 34.1 Å². The summed E-state index contributed by atoms with van der Waals surface area (Å²) in [5.41, 5.74) is 0. The second-order valence-corrected chi connectivity index (χ2v) is 3.84. The highest BCUT2D eigenvalue weighted by molar-refractivity contribution is 5.88. The SMILES string of the molecule is CC(=O)C[C@H]1CCC[C@@H](C)C1=O. The van der Waals surface area contributed by atoms with Crippen molar-refractivity contribution in [1.29, 1.82) is 0 Å². The first-order chi connectivity index (χ1) is 5.61. The van der Waals surface area contributed by atoms with Gasteiger partial charge < -0.3 is 4.79 Å². The van der Waals surface area contributed by atoms with Crippen LogP contribution in [0.1, 0.15) is 39.5 Å². The highest BCUT2D eigenvalue weighted by atomic mass is 16.1. The number of Topliss-reactive ketones (excluding diaryl/α,β-unsaturated/α-hetero) is 2. The highest BCUT2D eigenvalue weighted by Gasteiger charge is 2.28. The van der Waals surface area contributed by atoms with Crippen molar-refractivity contribution in [2.75, 3.05) is 0 Å². The van der Waals surface area contributed by atoms with Crippen LogP contribution in [0, 0.1) is 11.8 Å². The lowest BCUT2D eigenvalue weighted by Gasteiger charge is -2.24. The number of rotatable bonds is 2. The number of carbonyl (C=O) groups excluding carboxylic acids is 2. The van der Waals surface area contributed by atoms with Gasteiger partial charge in [-0.1, -0.05) is 13.3 Å². The highest BCUT2D eigenvalue weighted by Crippen LogP contribution is 2.27. The van der Waals surface area contributed by atoms with Crippen molar-refractivity contribution in [3.63, 3.8) is 0 Å². The van der Waals surface area contributed by atoms with Gasteiger partial charge in [-0.2, -0.15) is 0 Å². The van der Waals surface area contributed by atoms with E-state index in [1.54, 1.807) is 6.92 Å². The van der Waals surface area contributed by atoms with Crippen molar-refractivity contribution in [3.8, 4) is 0 Å². The Morgan fingerprint density at radius 3 is 2.75 bits per heavy atom. The van der Waals surface area contributed by atoms with Crippen molar-refractivity contribution in [1.82, 2.24) is 0 Å². The molecule has 1 aliphatic rings. The van der Waals surface area contributed by atoms with Crippen LogP contribution in [0.15, 0.2) is 0 Å². The Morgan fingerprint density at radius 1 is 1.50 bits per heavy atom. The van der Waals surface area contributed by atoms with Gasteiger partial charge in [-0.25, -0.2) is 0 Å². The Labute approximate surface area is 73.3 Å². The van der Waals surface area contributed by atoms with E-state index in [1.807, 2.05) is 6.92 Å². The van der Waals surface area contributed by atoms with Crippen LogP contribution < -0.4 is 0 Å². The van der Waals surface area contributed by atoms with E-state index in [2.05, 4.69) is 0 Å². The van der Waals surface area contributed by atoms with E-state index in [4.69, 9.17) is 0 Å². The molecule has 2 nitrogen and oxygen atoms in total. The molecule has 2 atom stereocenters. The Balaban J connectivity index is 2.52. The third kappa shape index (κ3) is 2.16. The van der Waals surface area contributed by atoms with Gasteiger partial charge in [-0.3, -0.25) is 4.79 Å². The molecule has 0 aromatic heterocycles. The molecule has 1 fully saturated rings. The Kier molecular flexibility index (Phi) is 3.01. The largest absolute Gasteiger partial charge is 0.300 e. The van der Waals surface area contributed by atoms with Crippen molar-refractivity contribution in [2.24, 2.45) is 11.8 Å². The Hall–Kier alpha value is -0.660. The average Bonchev–Trinajstić information content (AvgIpc) is 1.98. The zero-order valence-corrected chi connectivity index (χ0v) is 7.80. The lowest BCUT2D eigenvalue weighted by Crippen LogP contribution is -2.27. The first-order valence-corrected chi connectivity index (χ1v) is 4.64. The summed E-state index contributed by atoms with van der Waals surface area (Å²) in [5.74, 6) is 0.660. The normalized spacial score (nSPS) is 30.3. The molecule has 0 amide bonds. The quantitative estimate of drug-likeness (QED) is 0.631. The maximum atomic E-state index is 11.5. The lowest BCUT2D eigenvalue weighted by atomic mass is 9.79. The van der Waals surface area contributed by atoms with E-state index in [0.717, 1.165) is 19.3 Å². The van der Waals surface area contributed by atoms with Gasteiger partial charge in [0, 0.05) is 18.3 Å². The summed E-state index contributed by atoms with van der Waals surface area (Å²) in [5, 5.41) is 0. The zero-order chi connectivity index (χ0) is 9.14. The summed E-state index contributed by atoms with van der Waals surface area (Å²) in [6.07, 6.45) is 3.49. The van der Waals surface area contributed by atoms with Crippen LogP contribution in [-0.4, -0.2) is 11.6 Å². The molecule has 0 unspecified atom stereocenters. The van der Waals surface area contributed by atoms with Crippen molar-refractivity contribution < 1.29 is 9.59 Å². The van der Waals surface area contributed by atoms with Crippen LogP contribution >= 0.6 is 0 Å². The standard InChI is InChI=1S/C10H16O2/c1-7-4-3-5-9(10(7)12)6-8(2)11/h7,9H,3-6H2,1-2H3/t7-,9-/m1/s1. The van der Waals surface area contributed by atoms with Crippen molar-refractivity contribution in [2.45, 2.75) is 39.5 Å².